The summed E-state index contributed by atoms with van der Waals surface area (Å²) >= 11 is 0. The van der Waals surface area contributed by atoms with E-state index in [-0.39, 0.29) is 11.9 Å². The van der Waals surface area contributed by atoms with Gasteiger partial charge < -0.3 is 9.80 Å². The Bertz CT molecular complexity index is 790. The molecule has 1 aromatic heterocycles. The number of likely N-dealkylation sites (tertiary alicyclic amines) is 1. The molecule has 2 heterocycles. The fourth-order valence-electron chi connectivity index (χ4n) is 3.89. The molecule has 0 N–H and O–H groups in total. The van der Waals surface area contributed by atoms with Gasteiger partial charge in [-0.15, -0.1) is 0 Å². The van der Waals surface area contributed by atoms with Crippen LogP contribution in [0.1, 0.15) is 68.2 Å². The molecule has 1 fully saturated rings. The molecule has 1 aromatic carbocycles. The van der Waals surface area contributed by atoms with E-state index in [0.717, 1.165) is 38.0 Å². The minimum absolute atomic E-state index is 0.0433. The first kappa shape index (κ1) is 20.3. The summed E-state index contributed by atoms with van der Waals surface area (Å²) < 4.78 is 0. The summed E-state index contributed by atoms with van der Waals surface area (Å²) in [7, 11) is 0. The minimum atomic E-state index is 0.0433. The number of aryl methyl sites for hydroxylation is 1. The Morgan fingerprint density at radius 3 is 2.64 bits per heavy atom. The zero-order chi connectivity index (χ0) is 20.1. The first-order valence-corrected chi connectivity index (χ1v) is 10.5. The molecule has 28 heavy (non-hydrogen) atoms. The second-order valence-corrected chi connectivity index (χ2v) is 7.96. The molecule has 1 atom stereocenters. The van der Waals surface area contributed by atoms with Gasteiger partial charge >= 0.3 is 0 Å². The third-order valence-electron chi connectivity index (χ3n) is 5.50. The Morgan fingerprint density at radius 1 is 1.21 bits per heavy atom. The monoisotopic (exact) mass is 380 g/mol. The number of carbonyl (C=O) groups is 1. The van der Waals surface area contributed by atoms with Crippen molar-refractivity contribution in [2.24, 2.45) is 0 Å². The van der Waals surface area contributed by atoms with Gasteiger partial charge in [0.05, 0.1) is 0 Å². The van der Waals surface area contributed by atoms with Crippen molar-refractivity contribution in [3.63, 3.8) is 0 Å². The highest BCUT2D eigenvalue weighted by Crippen LogP contribution is 2.23. The summed E-state index contributed by atoms with van der Waals surface area (Å²) in [6.07, 6.45) is 4.36. The SMILES string of the molecule is CCC1CCCCN1C(=O)c1cc(C)nc(N(Cc2ccccc2)C(C)C)n1. The highest BCUT2D eigenvalue weighted by atomic mass is 16.2. The highest BCUT2D eigenvalue weighted by molar-refractivity contribution is 5.93. The Kier molecular flexibility index (Phi) is 6.65. The second kappa shape index (κ2) is 9.18. The standard InChI is InChI=1S/C23H32N4O/c1-5-20-13-9-10-14-26(20)22(28)21-15-18(4)24-23(25-21)27(17(2)3)16-19-11-7-6-8-12-19/h6-8,11-12,15,17,20H,5,9-10,13-14,16H2,1-4H3. The molecule has 0 bridgehead atoms. The van der Waals surface area contributed by atoms with Gasteiger partial charge in [0.1, 0.15) is 5.69 Å². The van der Waals surface area contributed by atoms with E-state index in [0.29, 0.717) is 17.7 Å². The summed E-state index contributed by atoms with van der Waals surface area (Å²) in [5.41, 5.74) is 2.55. The maximum Gasteiger partial charge on any atom is 0.272 e. The molecule has 5 nitrogen and oxygen atoms in total. The third kappa shape index (κ3) is 4.70. The number of benzene rings is 1. The molecule has 0 aliphatic carbocycles. The number of hydrogen-bond donors (Lipinski definition) is 0. The van der Waals surface area contributed by atoms with Gasteiger partial charge in [0, 0.05) is 30.9 Å². The van der Waals surface area contributed by atoms with Crippen molar-refractivity contribution < 1.29 is 4.79 Å². The smallest absolute Gasteiger partial charge is 0.272 e. The lowest BCUT2D eigenvalue weighted by molar-refractivity contribution is 0.0601. The van der Waals surface area contributed by atoms with E-state index in [1.54, 1.807) is 0 Å². The van der Waals surface area contributed by atoms with Crippen LogP contribution in [-0.2, 0) is 6.54 Å². The molecule has 0 radical (unpaired) electrons. The molecule has 1 amide bonds. The maximum absolute atomic E-state index is 13.2. The summed E-state index contributed by atoms with van der Waals surface area (Å²) in [6.45, 7) is 9.91. The van der Waals surface area contributed by atoms with Gasteiger partial charge in [-0.3, -0.25) is 4.79 Å². The fraction of sp³-hybridized carbons (Fsp3) is 0.522. The van der Waals surface area contributed by atoms with Crippen LogP contribution in [0.4, 0.5) is 5.95 Å². The normalized spacial score (nSPS) is 17.0. The minimum Gasteiger partial charge on any atom is -0.334 e. The maximum atomic E-state index is 13.2. The van der Waals surface area contributed by atoms with E-state index in [2.05, 4.69) is 42.8 Å². The van der Waals surface area contributed by atoms with E-state index in [9.17, 15) is 4.79 Å². The number of carbonyl (C=O) groups excluding carboxylic acids is 1. The van der Waals surface area contributed by atoms with Crippen LogP contribution < -0.4 is 4.90 Å². The van der Waals surface area contributed by atoms with E-state index >= 15 is 0 Å². The van der Waals surface area contributed by atoms with Gasteiger partial charge in [0.2, 0.25) is 5.95 Å². The van der Waals surface area contributed by atoms with Crippen LogP contribution in [0.25, 0.3) is 0 Å². The van der Waals surface area contributed by atoms with Gasteiger partial charge in [0.25, 0.3) is 5.91 Å². The zero-order valence-electron chi connectivity index (χ0n) is 17.6. The average molecular weight is 381 g/mol. The van der Waals surface area contributed by atoms with Crippen molar-refractivity contribution >= 4 is 11.9 Å². The van der Waals surface area contributed by atoms with Crippen molar-refractivity contribution in [2.45, 2.75) is 72.0 Å². The number of hydrogen-bond acceptors (Lipinski definition) is 4. The molecule has 1 aliphatic heterocycles. The highest BCUT2D eigenvalue weighted by Gasteiger charge is 2.28. The van der Waals surface area contributed by atoms with Crippen LogP contribution >= 0.6 is 0 Å². The molecule has 3 rings (SSSR count). The Hall–Kier alpha value is -2.43. The van der Waals surface area contributed by atoms with Gasteiger partial charge in [-0.2, -0.15) is 0 Å². The largest absolute Gasteiger partial charge is 0.334 e. The lowest BCUT2D eigenvalue weighted by Gasteiger charge is -2.35. The number of aromatic nitrogens is 2. The van der Waals surface area contributed by atoms with E-state index in [1.165, 1.54) is 12.0 Å². The lowest BCUT2D eigenvalue weighted by Crippen LogP contribution is -2.44. The Labute approximate surface area is 168 Å². The van der Waals surface area contributed by atoms with E-state index < -0.39 is 0 Å². The average Bonchev–Trinajstić information content (AvgIpc) is 2.71. The number of piperidine rings is 1. The quantitative estimate of drug-likeness (QED) is 0.735. The molecular weight excluding hydrogens is 348 g/mol. The first-order valence-electron chi connectivity index (χ1n) is 10.5. The zero-order valence-corrected chi connectivity index (χ0v) is 17.6. The van der Waals surface area contributed by atoms with Crippen LogP contribution in [0.15, 0.2) is 36.4 Å². The predicted octanol–water partition coefficient (Wildman–Crippen LogP) is 4.60. The summed E-state index contributed by atoms with van der Waals surface area (Å²) in [4.78, 5) is 26.8. The Morgan fingerprint density at radius 2 is 1.96 bits per heavy atom. The molecule has 1 aliphatic rings. The van der Waals surface area contributed by atoms with Crippen molar-refractivity contribution in [3.05, 3.63) is 53.3 Å². The first-order chi connectivity index (χ1) is 13.5. The van der Waals surface area contributed by atoms with Crippen LogP contribution in [-0.4, -0.2) is 39.4 Å². The van der Waals surface area contributed by atoms with Crippen molar-refractivity contribution in [2.75, 3.05) is 11.4 Å². The molecule has 1 unspecified atom stereocenters. The fourth-order valence-corrected chi connectivity index (χ4v) is 3.89. The number of rotatable bonds is 6. The summed E-state index contributed by atoms with van der Waals surface area (Å²) in [6, 6.07) is 12.7. The molecule has 5 heteroatoms. The molecule has 150 valence electrons. The summed E-state index contributed by atoms with van der Waals surface area (Å²) in [5.74, 6) is 0.675. The van der Waals surface area contributed by atoms with Crippen molar-refractivity contribution in [1.29, 1.82) is 0 Å². The van der Waals surface area contributed by atoms with Gasteiger partial charge in [-0.1, -0.05) is 37.3 Å². The number of anilines is 1. The van der Waals surface area contributed by atoms with Crippen LogP contribution in [0.2, 0.25) is 0 Å². The number of amides is 1. The number of nitrogens with zero attached hydrogens (tertiary/aromatic N) is 4. The Balaban J connectivity index is 1.89. The summed E-state index contributed by atoms with van der Waals surface area (Å²) in [5, 5.41) is 0. The van der Waals surface area contributed by atoms with Crippen molar-refractivity contribution in [3.8, 4) is 0 Å². The third-order valence-corrected chi connectivity index (χ3v) is 5.50. The topological polar surface area (TPSA) is 49.3 Å². The molecule has 1 saturated heterocycles. The second-order valence-electron chi connectivity index (χ2n) is 7.96. The van der Waals surface area contributed by atoms with Crippen LogP contribution in [0, 0.1) is 6.92 Å². The van der Waals surface area contributed by atoms with Gasteiger partial charge in [0.15, 0.2) is 0 Å². The van der Waals surface area contributed by atoms with E-state index in [1.807, 2.05) is 36.1 Å². The lowest BCUT2D eigenvalue weighted by atomic mass is 9.99. The van der Waals surface area contributed by atoms with E-state index in [4.69, 9.17) is 4.98 Å². The molecule has 0 saturated carbocycles. The van der Waals surface area contributed by atoms with Crippen LogP contribution in [0.5, 0.6) is 0 Å². The molecule has 2 aromatic rings. The molecule has 0 spiro atoms. The van der Waals surface area contributed by atoms with Crippen molar-refractivity contribution in [1.82, 2.24) is 14.9 Å². The van der Waals surface area contributed by atoms with Gasteiger partial charge in [-0.25, -0.2) is 9.97 Å². The van der Waals surface area contributed by atoms with Crippen LogP contribution in [0.3, 0.4) is 0 Å². The van der Waals surface area contributed by atoms with Gasteiger partial charge in [-0.05, 0) is 58.1 Å². The predicted molar refractivity (Wildman–Crippen MR) is 113 cm³/mol. The molecular formula is C23H32N4O.